The first kappa shape index (κ1) is 32.8. The van der Waals surface area contributed by atoms with Gasteiger partial charge in [-0.1, -0.05) is 17.7 Å². The summed E-state index contributed by atoms with van der Waals surface area (Å²) in [5.41, 5.74) is -0.0176. The van der Waals surface area contributed by atoms with Crippen LogP contribution in [-0.4, -0.2) is 72.3 Å². The Balaban J connectivity index is 1.25. The van der Waals surface area contributed by atoms with Gasteiger partial charge in [0.15, 0.2) is 11.5 Å². The van der Waals surface area contributed by atoms with Crippen molar-refractivity contribution in [2.75, 3.05) is 31.6 Å². The molecule has 1 atom stereocenters. The predicted octanol–water partition coefficient (Wildman–Crippen LogP) is 4.62. The third-order valence-corrected chi connectivity index (χ3v) is 9.88. The third kappa shape index (κ3) is 6.05. The monoisotopic (exact) mass is 697 g/mol. The van der Waals surface area contributed by atoms with E-state index in [1.165, 1.54) is 22.8 Å². The van der Waals surface area contributed by atoms with Crippen molar-refractivity contribution in [2.24, 2.45) is 0 Å². The Labute approximate surface area is 282 Å². The number of ether oxygens (including phenoxy) is 1. The number of fused-ring (bicyclic) bond motifs is 3. The number of carbonyl (C=O) groups is 2. The molecule has 2 N–H and O–H groups in total. The number of rotatable bonds is 5. The number of nitrogens with zero attached hydrogens (tertiary/aromatic N) is 6. The fourth-order valence-electron chi connectivity index (χ4n) is 7.14. The molecule has 0 bridgehead atoms. The maximum atomic E-state index is 14.3. The molecule has 3 aromatic heterocycles. The average Bonchev–Trinajstić information content (AvgIpc) is 3.62. The molecule has 0 saturated carbocycles. The van der Waals surface area contributed by atoms with Crippen LogP contribution in [-0.2, 0) is 34.1 Å². The molecule has 1 unspecified atom stereocenters. The number of amides is 2. The number of carbonyl (C=O) groups excluding carboxylic acids is 2. The van der Waals surface area contributed by atoms with E-state index in [4.69, 9.17) is 21.3 Å². The highest BCUT2D eigenvalue weighted by atomic mass is 35.5. The zero-order chi connectivity index (χ0) is 34.5. The number of aromatic nitrogens is 5. The molecule has 1 fully saturated rings. The van der Waals surface area contributed by atoms with Gasteiger partial charge in [-0.2, -0.15) is 22.7 Å². The molecule has 49 heavy (non-hydrogen) atoms. The Morgan fingerprint density at radius 1 is 1.12 bits per heavy atom. The fraction of sp³-hybridized carbons (Fsp3) is 0.394. The van der Waals surface area contributed by atoms with Crippen molar-refractivity contribution in [3.63, 3.8) is 0 Å². The maximum absolute atomic E-state index is 14.3. The molecular weight excluding hydrogens is 667 g/mol. The third-order valence-electron chi connectivity index (χ3n) is 9.57. The first-order valence-electron chi connectivity index (χ1n) is 15.9. The largest absolute Gasteiger partial charge is 0.505 e. The first-order valence-corrected chi connectivity index (χ1v) is 16.2. The standard InChI is InChI=1S/C33H31ClF3N7O5/c34-21-17-20(33(35,36)37)4-5-22(21)39-25(46)18-43-23-6-10-32(9-2-13-42(14-11-32)30(48)27-24(45)3-1-12-38-27)26(23)29(47)44-31(43)40-28(41-44)19-7-15-49-16-8-19/h1,3-5,7,12,17,45H,2,6,8-11,13-16,18H2,(H,39,46). The number of nitrogens with one attached hydrogen (secondary N) is 1. The molecule has 5 heterocycles. The van der Waals surface area contributed by atoms with Crippen LogP contribution in [0.1, 0.15) is 65.2 Å². The van der Waals surface area contributed by atoms with Crippen molar-refractivity contribution in [3.05, 3.63) is 86.3 Å². The van der Waals surface area contributed by atoms with E-state index in [1.54, 1.807) is 9.47 Å². The van der Waals surface area contributed by atoms with Gasteiger partial charge < -0.3 is 24.6 Å². The van der Waals surface area contributed by atoms with E-state index in [-0.39, 0.29) is 40.0 Å². The predicted molar refractivity (Wildman–Crippen MR) is 171 cm³/mol. The minimum Gasteiger partial charge on any atom is -0.505 e. The van der Waals surface area contributed by atoms with Crippen LogP contribution < -0.4 is 10.9 Å². The average molecular weight is 698 g/mol. The molecule has 3 aliphatic rings. The van der Waals surface area contributed by atoms with Crippen molar-refractivity contribution in [1.29, 1.82) is 0 Å². The highest BCUT2D eigenvalue weighted by Gasteiger charge is 2.45. The normalized spacial score (nSPS) is 19.5. The number of hydrogen-bond acceptors (Lipinski definition) is 8. The minimum absolute atomic E-state index is 0.00633. The fourth-order valence-corrected chi connectivity index (χ4v) is 7.37. The van der Waals surface area contributed by atoms with Crippen molar-refractivity contribution >= 4 is 40.5 Å². The summed E-state index contributed by atoms with van der Waals surface area (Å²) in [7, 11) is 0. The quantitative estimate of drug-likeness (QED) is 0.308. The highest BCUT2D eigenvalue weighted by Crippen LogP contribution is 2.45. The van der Waals surface area contributed by atoms with Gasteiger partial charge in [-0.25, -0.2) is 4.98 Å². The van der Waals surface area contributed by atoms with E-state index in [2.05, 4.69) is 15.4 Å². The summed E-state index contributed by atoms with van der Waals surface area (Å²) in [4.78, 5) is 51.6. The second-order valence-corrected chi connectivity index (χ2v) is 12.9. The lowest BCUT2D eigenvalue weighted by molar-refractivity contribution is -0.137. The summed E-state index contributed by atoms with van der Waals surface area (Å²) in [6.45, 7) is 1.24. The topological polar surface area (TPSA) is 144 Å². The van der Waals surface area contributed by atoms with Crippen molar-refractivity contribution in [2.45, 2.75) is 56.7 Å². The van der Waals surface area contributed by atoms with Crippen LogP contribution >= 0.6 is 11.6 Å². The molecule has 4 aromatic rings. The number of alkyl halides is 3. The smallest absolute Gasteiger partial charge is 0.416 e. The lowest BCUT2D eigenvalue weighted by Gasteiger charge is -2.28. The van der Waals surface area contributed by atoms with Gasteiger partial charge in [-0.15, -0.1) is 5.10 Å². The van der Waals surface area contributed by atoms with E-state index in [0.29, 0.717) is 81.9 Å². The summed E-state index contributed by atoms with van der Waals surface area (Å²) in [6, 6.07) is 5.63. The van der Waals surface area contributed by atoms with Crippen LogP contribution in [0.4, 0.5) is 18.9 Å². The SMILES string of the molecule is O=C(Cn1c2c(c(=O)n3nc(C4=CCOCC4)nc13)C1(CCCN(C(=O)c3ncccc3O)CC1)CC2)Nc1ccc(C(F)(F)F)cc1Cl. The van der Waals surface area contributed by atoms with Gasteiger partial charge in [0, 0.05) is 36.0 Å². The molecule has 1 aromatic carbocycles. The molecule has 1 aliphatic carbocycles. The zero-order valence-corrected chi connectivity index (χ0v) is 26.9. The number of pyridine rings is 1. The van der Waals surface area contributed by atoms with Gasteiger partial charge in [-0.3, -0.25) is 14.4 Å². The van der Waals surface area contributed by atoms with Gasteiger partial charge in [0.05, 0.1) is 29.5 Å². The number of hydrogen-bond donors (Lipinski definition) is 2. The molecule has 256 valence electrons. The van der Waals surface area contributed by atoms with E-state index >= 15 is 0 Å². The molecule has 1 spiro atoms. The first-order chi connectivity index (χ1) is 23.4. The van der Waals surface area contributed by atoms with Crippen molar-refractivity contribution in [1.82, 2.24) is 29.0 Å². The van der Waals surface area contributed by atoms with Crippen LogP contribution in [0.3, 0.4) is 0 Å². The lowest BCUT2D eigenvalue weighted by Crippen LogP contribution is -2.37. The molecule has 2 amide bonds. The van der Waals surface area contributed by atoms with Crippen molar-refractivity contribution in [3.8, 4) is 5.75 Å². The molecule has 7 rings (SSSR count). The molecular formula is C33H31ClF3N7O5. The van der Waals surface area contributed by atoms with E-state index in [0.717, 1.165) is 23.8 Å². The summed E-state index contributed by atoms with van der Waals surface area (Å²) in [5, 5.41) is 17.2. The van der Waals surface area contributed by atoms with Gasteiger partial charge in [-0.05, 0) is 74.4 Å². The van der Waals surface area contributed by atoms with Gasteiger partial charge in [0.1, 0.15) is 12.3 Å². The van der Waals surface area contributed by atoms with Crippen LogP contribution in [0.15, 0.2) is 47.4 Å². The van der Waals surface area contributed by atoms with Crippen LogP contribution in [0.5, 0.6) is 5.75 Å². The number of aromatic hydroxyl groups is 1. The van der Waals surface area contributed by atoms with E-state index in [1.807, 2.05) is 6.08 Å². The minimum atomic E-state index is -4.60. The summed E-state index contributed by atoms with van der Waals surface area (Å²) in [6.07, 6.45) is 1.89. The number of anilines is 1. The van der Waals surface area contributed by atoms with E-state index in [9.17, 15) is 32.7 Å². The number of likely N-dealkylation sites (tertiary alicyclic amines) is 1. The Kier molecular flexibility index (Phi) is 8.43. The highest BCUT2D eigenvalue weighted by molar-refractivity contribution is 6.33. The number of benzene rings is 1. The molecule has 1 saturated heterocycles. The Hall–Kier alpha value is -4.76. The maximum Gasteiger partial charge on any atom is 0.416 e. The lowest BCUT2D eigenvalue weighted by atomic mass is 9.76. The molecule has 0 radical (unpaired) electrons. The van der Waals surface area contributed by atoms with Crippen LogP contribution in [0.25, 0.3) is 11.4 Å². The van der Waals surface area contributed by atoms with Gasteiger partial charge >= 0.3 is 6.18 Å². The Bertz CT molecular complexity index is 2080. The van der Waals surface area contributed by atoms with Crippen LogP contribution in [0.2, 0.25) is 5.02 Å². The summed E-state index contributed by atoms with van der Waals surface area (Å²) >= 11 is 6.12. The van der Waals surface area contributed by atoms with Gasteiger partial charge in [0.25, 0.3) is 11.5 Å². The second kappa shape index (κ2) is 12.6. The Morgan fingerprint density at radius 3 is 2.69 bits per heavy atom. The summed E-state index contributed by atoms with van der Waals surface area (Å²) in [5.74, 6) is -0.692. The van der Waals surface area contributed by atoms with E-state index < -0.39 is 29.0 Å². The summed E-state index contributed by atoms with van der Waals surface area (Å²) < 4.78 is 47.9. The van der Waals surface area contributed by atoms with Gasteiger partial charge in [0.2, 0.25) is 11.7 Å². The second-order valence-electron chi connectivity index (χ2n) is 12.5. The Morgan fingerprint density at radius 2 is 1.96 bits per heavy atom. The zero-order valence-electron chi connectivity index (χ0n) is 26.1. The van der Waals surface area contributed by atoms with Crippen LogP contribution in [0, 0.1) is 0 Å². The van der Waals surface area contributed by atoms with Crippen molar-refractivity contribution < 1.29 is 32.6 Å². The molecule has 2 aliphatic heterocycles. The number of halogens is 4. The molecule has 12 nitrogen and oxygen atoms in total. The molecule has 16 heteroatoms.